The van der Waals surface area contributed by atoms with Crippen LogP contribution in [0.5, 0.6) is 0 Å². The first-order chi connectivity index (χ1) is 13.1. The first-order valence-corrected chi connectivity index (χ1v) is 9.32. The molecule has 0 bridgehead atoms. The Morgan fingerprint density at radius 1 is 1.26 bits per heavy atom. The topological polar surface area (TPSA) is 62.3 Å². The maximum absolute atomic E-state index is 13.4. The Balaban J connectivity index is 1.54. The highest BCUT2D eigenvalue weighted by atomic mass is 19.1. The van der Waals surface area contributed by atoms with E-state index in [0.29, 0.717) is 32.4 Å². The molecule has 0 radical (unpaired) electrons. The SMILES string of the molecule is O=C1CC[C@H]2C[C@@](C(=O)NCCc3ccccn3)(c3ccc(F)cc3)CN12. The number of fused-ring (bicyclic) bond motifs is 1. The zero-order valence-electron chi connectivity index (χ0n) is 15.0. The Bertz CT molecular complexity index is 840. The molecule has 0 aliphatic carbocycles. The average Bonchev–Trinajstić information content (AvgIpc) is 3.23. The Morgan fingerprint density at radius 3 is 2.78 bits per heavy atom. The molecule has 4 rings (SSSR count). The van der Waals surface area contributed by atoms with E-state index >= 15 is 0 Å². The molecule has 2 atom stereocenters. The fourth-order valence-electron chi connectivity index (χ4n) is 4.27. The highest BCUT2D eigenvalue weighted by Gasteiger charge is 2.53. The van der Waals surface area contributed by atoms with Gasteiger partial charge in [0, 0.05) is 43.9 Å². The second kappa shape index (κ2) is 7.10. The van der Waals surface area contributed by atoms with E-state index in [9.17, 15) is 14.0 Å². The molecule has 2 amide bonds. The lowest BCUT2D eigenvalue weighted by atomic mass is 9.77. The van der Waals surface area contributed by atoms with Gasteiger partial charge in [-0.05, 0) is 42.7 Å². The van der Waals surface area contributed by atoms with Gasteiger partial charge in [-0.2, -0.15) is 0 Å². The monoisotopic (exact) mass is 367 g/mol. The highest BCUT2D eigenvalue weighted by molar-refractivity contribution is 5.91. The van der Waals surface area contributed by atoms with Crippen molar-refractivity contribution in [1.29, 1.82) is 0 Å². The standard InChI is InChI=1S/C21H22FN3O2/c22-16-6-4-15(5-7-16)21(13-18-8-9-19(26)25(18)14-21)20(27)24-12-10-17-3-1-2-11-23-17/h1-7,11,18H,8-10,12-14H2,(H,24,27)/t18-,21-/m0/s1. The molecule has 6 heteroatoms. The number of pyridine rings is 1. The van der Waals surface area contributed by atoms with Gasteiger partial charge in [0.05, 0.1) is 5.41 Å². The van der Waals surface area contributed by atoms with Crippen LogP contribution in [0.2, 0.25) is 0 Å². The van der Waals surface area contributed by atoms with Crippen molar-refractivity contribution < 1.29 is 14.0 Å². The lowest BCUT2D eigenvalue weighted by Crippen LogP contribution is -2.47. The van der Waals surface area contributed by atoms with Gasteiger partial charge in [0.15, 0.2) is 0 Å². The number of carbonyl (C=O) groups is 2. The van der Waals surface area contributed by atoms with E-state index in [1.165, 1.54) is 12.1 Å². The van der Waals surface area contributed by atoms with Crippen molar-refractivity contribution in [3.05, 3.63) is 65.7 Å². The predicted octanol–water partition coefficient (Wildman–Crippen LogP) is 2.21. The summed E-state index contributed by atoms with van der Waals surface area (Å²) in [7, 11) is 0. The largest absolute Gasteiger partial charge is 0.355 e. The fourth-order valence-corrected chi connectivity index (χ4v) is 4.27. The summed E-state index contributed by atoms with van der Waals surface area (Å²) in [4.78, 5) is 31.5. The Hall–Kier alpha value is -2.76. The molecule has 5 nitrogen and oxygen atoms in total. The van der Waals surface area contributed by atoms with Gasteiger partial charge >= 0.3 is 0 Å². The van der Waals surface area contributed by atoms with E-state index in [1.807, 2.05) is 23.1 Å². The third kappa shape index (κ3) is 3.31. The van der Waals surface area contributed by atoms with Crippen molar-refractivity contribution in [2.45, 2.75) is 37.1 Å². The van der Waals surface area contributed by atoms with E-state index in [4.69, 9.17) is 0 Å². The number of nitrogens with one attached hydrogen (secondary N) is 1. The molecule has 2 fully saturated rings. The second-order valence-corrected chi connectivity index (χ2v) is 7.33. The number of hydrogen-bond acceptors (Lipinski definition) is 3. The Kier molecular flexibility index (Phi) is 4.64. The van der Waals surface area contributed by atoms with Gasteiger partial charge in [-0.3, -0.25) is 14.6 Å². The summed E-state index contributed by atoms with van der Waals surface area (Å²) in [5, 5.41) is 3.02. The van der Waals surface area contributed by atoms with Gasteiger partial charge in [-0.15, -0.1) is 0 Å². The summed E-state index contributed by atoms with van der Waals surface area (Å²) in [6, 6.07) is 11.9. The average molecular weight is 367 g/mol. The minimum absolute atomic E-state index is 0.0871. The molecular weight excluding hydrogens is 345 g/mol. The van der Waals surface area contributed by atoms with E-state index in [2.05, 4.69) is 10.3 Å². The molecule has 0 spiro atoms. The minimum Gasteiger partial charge on any atom is -0.355 e. The first kappa shape index (κ1) is 17.6. The molecule has 2 aromatic rings. The third-order valence-corrected chi connectivity index (χ3v) is 5.70. The van der Waals surface area contributed by atoms with Crippen LogP contribution in [-0.4, -0.2) is 40.8 Å². The van der Waals surface area contributed by atoms with E-state index < -0.39 is 5.41 Å². The van der Waals surface area contributed by atoms with Crippen LogP contribution in [0.4, 0.5) is 4.39 Å². The number of benzene rings is 1. The van der Waals surface area contributed by atoms with Gasteiger partial charge in [0.2, 0.25) is 11.8 Å². The number of carbonyl (C=O) groups excluding carboxylic acids is 2. The van der Waals surface area contributed by atoms with Crippen molar-refractivity contribution in [3.8, 4) is 0 Å². The molecule has 0 unspecified atom stereocenters. The summed E-state index contributed by atoms with van der Waals surface area (Å²) in [6.45, 7) is 0.828. The van der Waals surface area contributed by atoms with E-state index in [1.54, 1.807) is 18.3 Å². The number of aromatic nitrogens is 1. The molecular formula is C21H22FN3O2. The first-order valence-electron chi connectivity index (χ1n) is 9.32. The van der Waals surface area contributed by atoms with Crippen molar-refractivity contribution >= 4 is 11.8 Å². The molecule has 2 aliphatic rings. The van der Waals surface area contributed by atoms with E-state index in [0.717, 1.165) is 17.7 Å². The summed E-state index contributed by atoms with van der Waals surface area (Å²) in [5.41, 5.74) is 0.857. The van der Waals surface area contributed by atoms with Gasteiger partial charge < -0.3 is 10.2 Å². The summed E-state index contributed by atoms with van der Waals surface area (Å²) in [6.07, 6.45) is 4.28. The van der Waals surface area contributed by atoms with Crippen molar-refractivity contribution in [1.82, 2.24) is 15.2 Å². The molecule has 1 aromatic carbocycles. The van der Waals surface area contributed by atoms with Crippen LogP contribution >= 0.6 is 0 Å². The van der Waals surface area contributed by atoms with Gasteiger partial charge in [-0.1, -0.05) is 18.2 Å². The summed E-state index contributed by atoms with van der Waals surface area (Å²) < 4.78 is 13.4. The predicted molar refractivity (Wildman–Crippen MR) is 98.4 cm³/mol. The summed E-state index contributed by atoms with van der Waals surface area (Å²) in [5.74, 6) is -0.337. The van der Waals surface area contributed by atoms with Gasteiger partial charge in [0.25, 0.3) is 0 Å². The van der Waals surface area contributed by atoms with Gasteiger partial charge in [0.1, 0.15) is 5.82 Å². The normalized spacial score (nSPS) is 24.1. The Labute approximate surface area is 157 Å². The lowest BCUT2D eigenvalue weighted by Gasteiger charge is -2.29. The molecule has 140 valence electrons. The molecule has 3 heterocycles. The van der Waals surface area contributed by atoms with Crippen LogP contribution in [0.1, 0.15) is 30.5 Å². The summed E-state index contributed by atoms with van der Waals surface area (Å²) >= 11 is 0. The minimum atomic E-state index is -0.821. The lowest BCUT2D eigenvalue weighted by molar-refractivity contribution is -0.129. The molecule has 0 saturated carbocycles. The zero-order valence-corrected chi connectivity index (χ0v) is 15.0. The highest BCUT2D eigenvalue weighted by Crippen LogP contribution is 2.43. The molecule has 2 saturated heterocycles. The number of halogens is 1. The van der Waals surface area contributed by atoms with Crippen LogP contribution in [-0.2, 0) is 21.4 Å². The van der Waals surface area contributed by atoms with Crippen LogP contribution in [0.25, 0.3) is 0 Å². The van der Waals surface area contributed by atoms with Crippen molar-refractivity contribution in [3.63, 3.8) is 0 Å². The second-order valence-electron chi connectivity index (χ2n) is 7.33. The smallest absolute Gasteiger partial charge is 0.232 e. The van der Waals surface area contributed by atoms with E-state index in [-0.39, 0.29) is 23.7 Å². The maximum atomic E-state index is 13.4. The molecule has 1 aromatic heterocycles. The Morgan fingerprint density at radius 2 is 2.07 bits per heavy atom. The third-order valence-electron chi connectivity index (χ3n) is 5.70. The number of nitrogens with zero attached hydrogens (tertiary/aromatic N) is 2. The number of hydrogen-bond donors (Lipinski definition) is 1. The number of rotatable bonds is 5. The molecule has 1 N–H and O–H groups in total. The molecule has 2 aliphatic heterocycles. The van der Waals surface area contributed by atoms with Crippen LogP contribution in [0.3, 0.4) is 0 Å². The van der Waals surface area contributed by atoms with Crippen molar-refractivity contribution in [2.75, 3.05) is 13.1 Å². The number of amides is 2. The van der Waals surface area contributed by atoms with Gasteiger partial charge in [-0.25, -0.2) is 4.39 Å². The fraction of sp³-hybridized carbons (Fsp3) is 0.381. The quantitative estimate of drug-likeness (QED) is 0.881. The maximum Gasteiger partial charge on any atom is 0.232 e. The van der Waals surface area contributed by atoms with Crippen LogP contribution in [0, 0.1) is 5.82 Å². The zero-order chi connectivity index (χ0) is 18.9. The van der Waals surface area contributed by atoms with Crippen LogP contribution < -0.4 is 5.32 Å². The molecule has 27 heavy (non-hydrogen) atoms. The van der Waals surface area contributed by atoms with Crippen molar-refractivity contribution in [2.24, 2.45) is 0 Å². The van der Waals surface area contributed by atoms with Crippen LogP contribution in [0.15, 0.2) is 48.7 Å².